The van der Waals surface area contributed by atoms with E-state index in [9.17, 15) is 14.4 Å². The quantitative estimate of drug-likeness (QED) is 0.734. The molecular formula is C20H26ClN3O4. The van der Waals surface area contributed by atoms with E-state index in [1.54, 1.807) is 36.1 Å². The van der Waals surface area contributed by atoms with Gasteiger partial charge in [-0.05, 0) is 51.2 Å². The smallest absolute Gasteiger partial charge is 0.320 e. The topological polar surface area (TPSA) is 87.7 Å². The van der Waals surface area contributed by atoms with Crippen LogP contribution in [0.1, 0.15) is 39.0 Å². The number of nitrogens with zero attached hydrogens (tertiary/aromatic N) is 1. The van der Waals surface area contributed by atoms with Crippen molar-refractivity contribution >= 4 is 35.2 Å². The molecule has 0 bridgehead atoms. The second kappa shape index (κ2) is 8.82. The van der Waals surface area contributed by atoms with Gasteiger partial charge < -0.3 is 20.3 Å². The highest BCUT2D eigenvalue weighted by Gasteiger charge is 2.48. The number of rotatable bonds is 5. The summed E-state index contributed by atoms with van der Waals surface area (Å²) in [6.07, 6.45) is 3.29. The lowest BCUT2D eigenvalue weighted by molar-refractivity contribution is -0.153. The van der Waals surface area contributed by atoms with Crippen LogP contribution in [0.2, 0.25) is 5.02 Å². The van der Waals surface area contributed by atoms with E-state index in [0.717, 1.165) is 6.42 Å². The Kier molecular flexibility index (Phi) is 6.44. The molecule has 152 valence electrons. The number of ether oxygens (including phenoxy) is 1. The molecule has 0 unspecified atom stereocenters. The van der Waals surface area contributed by atoms with Crippen LogP contribution in [0.5, 0.6) is 0 Å². The van der Waals surface area contributed by atoms with Crippen LogP contribution in [-0.2, 0) is 14.3 Å². The van der Waals surface area contributed by atoms with Crippen molar-refractivity contribution in [3.8, 4) is 0 Å². The van der Waals surface area contributed by atoms with Gasteiger partial charge in [-0.3, -0.25) is 9.59 Å². The van der Waals surface area contributed by atoms with Gasteiger partial charge in [0.1, 0.15) is 5.54 Å². The maximum Gasteiger partial charge on any atom is 0.320 e. The van der Waals surface area contributed by atoms with Crippen molar-refractivity contribution in [3.05, 3.63) is 29.3 Å². The molecule has 28 heavy (non-hydrogen) atoms. The van der Waals surface area contributed by atoms with Crippen LogP contribution < -0.4 is 10.6 Å². The molecule has 3 amide bonds. The van der Waals surface area contributed by atoms with Gasteiger partial charge in [-0.1, -0.05) is 23.7 Å². The zero-order chi connectivity index (χ0) is 20.1. The SMILES string of the molecule is CCOC(=O)C1CCN(C(=O)C2(NC(=O)Nc3ccccc3Cl)CCC2)CC1. The Morgan fingerprint density at radius 2 is 1.89 bits per heavy atom. The first kappa shape index (κ1) is 20.5. The Balaban J connectivity index is 1.58. The third kappa shape index (κ3) is 4.41. The van der Waals surface area contributed by atoms with Crippen molar-refractivity contribution in [1.82, 2.24) is 10.2 Å². The van der Waals surface area contributed by atoms with Crippen molar-refractivity contribution < 1.29 is 19.1 Å². The average Bonchev–Trinajstić information content (AvgIpc) is 2.66. The number of hydrogen-bond acceptors (Lipinski definition) is 4. The first-order chi connectivity index (χ1) is 13.4. The van der Waals surface area contributed by atoms with Gasteiger partial charge in [0.25, 0.3) is 0 Å². The van der Waals surface area contributed by atoms with Crippen molar-refractivity contribution in [2.75, 3.05) is 25.0 Å². The predicted molar refractivity (Wildman–Crippen MR) is 106 cm³/mol. The Bertz CT molecular complexity index is 743. The fourth-order valence-electron chi connectivity index (χ4n) is 3.74. The number of piperidine rings is 1. The minimum Gasteiger partial charge on any atom is -0.466 e. The van der Waals surface area contributed by atoms with Crippen LogP contribution in [-0.4, -0.2) is 48.0 Å². The molecule has 2 fully saturated rings. The van der Waals surface area contributed by atoms with E-state index in [0.29, 0.717) is 56.1 Å². The number of urea groups is 1. The zero-order valence-corrected chi connectivity index (χ0v) is 16.8. The van der Waals surface area contributed by atoms with Crippen LogP contribution in [0.4, 0.5) is 10.5 Å². The second-order valence-corrected chi connectivity index (χ2v) is 7.72. The van der Waals surface area contributed by atoms with Crippen molar-refractivity contribution in [3.63, 3.8) is 0 Å². The number of benzene rings is 1. The van der Waals surface area contributed by atoms with Crippen LogP contribution in [0.15, 0.2) is 24.3 Å². The molecule has 0 radical (unpaired) electrons. The molecule has 0 aromatic heterocycles. The second-order valence-electron chi connectivity index (χ2n) is 7.31. The number of nitrogens with one attached hydrogen (secondary N) is 2. The number of likely N-dealkylation sites (tertiary alicyclic amines) is 1. The number of esters is 1. The molecular weight excluding hydrogens is 382 g/mol. The number of carbonyl (C=O) groups is 3. The summed E-state index contributed by atoms with van der Waals surface area (Å²) in [6.45, 7) is 3.15. The Morgan fingerprint density at radius 3 is 2.46 bits per heavy atom. The zero-order valence-electron chi connectivity index (χ0n) is 16.0. The normalized spacial score (nSPS) is 18.7. The van der Waals surface area contributed by atoms with Gasteiger partial charge in [-0.15, -0.1) is 0 Å². The molecule has 1 saturated carbocycles. The summed E-state index contributed by atoms with van der Waals surface area (Å²) in [5.41, 5.74) is -0.374. The van der Waals surface area contributed by atoms with E-state index in [-0.39, 0.29) is 17.8 Å². The molecule has 3 rings (SSSR count). The van der Waals surface area contributed by atoms with Crippen molar-refractivity contribution in [2.24, 2.45) is 5.92 Å². The molecule has 2 aliphatic rings. The number of halogens is 1. The molecule has 8 heteroatoms. The van der Waals surface area contributed by atoms with Crippen LogP contribution in [0.3, 0.4) is 0 Å². The van der Waals surface area contributed by atoms with E-state index >= 15 is 0 Å². The molecule has 7 nitrogen and oxygen atoms in total. The van der Waals surface area contributed by atoms with Gasteiger partial charge >= 0.3 is 12.0 Å². The summed E-state index contributed by atoms with van der Waals surface area (Å²) >= 11 is 6.08. The summed E-state index contributed by atoms with van der Waals surface area (Å²) in [5, 5.41) is 6.02. The summed E-state index contributed by atoms with van der Waals surface area (Å²) in [7, 11) is 0. The number of amides is 3. The average molecular weight is 408 g/mol. The molecule has 0 spiro atoms. The Labute approximate surface area is 169 Å². The molecule has 1 aliphatic carbocycles. The molecule has 0 atom stereocenters. The fourth-order valence-corrected chi connectivity index (χ4v) is 3.92. The molecule has 1 aromatic rings. The van der Waals surface area contributed by atoms with Gasteiger partial charge in [-0.2, -0.15) is 0 Å². The maximum atomic E-state index is 13.1. The number of carbonyl (C=O) groups excluding carboxylic acids is 3. The predicted octanol–water partition coefficient (Wildman–Crippen LogP) is 3.19. The first-order valence-electron chi connectivity index (χ1n) is 9.75. The highest BCUT2D eigenvalue weighted by Crippen LogP contribution is 2.35. The monoisotopic (exact) mass is 407 g/mol. The lowest BCUT2D eigenvalue weighted by Gasteiger charge is -2.45. The van der Waals surface area contributed by atoms with Gasteiger partial charge in [0.15, 0.2) is 0 Å². The van der Waals surface area contributed by atoms with E-state index in [4.69, 9.17) is 16.3 Å². The number of para-hydroxylation sites is 1. The summed E-state index contributed by atoms with van der Waals surface area (Å²) in [5.74, 6) is -0.418. The minimum absolute atomic E-state index is 0.0737. The van der Waals surface area contributed by atoms with E-state index < -0.39 is 11.6 Å². The van der Waals surface area contributed by atoms with Crippen LogP contribution in [0, 0.1) is 5.92 Å². The lowest BCUT2D eigenvalue weighted by Crippen LogP contribution is -2.65. The number of anilines is 1. The highest BCUT2D eigenvalue weighted by atomic mass is 35.5. The largest absolute Gasteiger partial charge is 0.466 e. The summed E-state index contributed by atoms with van der Waals surface area (Å²) < 4.78 is 5.08. The standard InChI is InChI=1S/C20H26ClN3O4/c1-2-28-17(25)14-8-12-24(13-9-14)18(26)20(10-5-11-20)23-19(27)22-16-7-4-3-6-15(16)21/h3-4,6-7,14H,2,5,8-13H2,1H3,(H2,22,23,27). The highest BCUT2D eigenvalue weighted by molar-refractivity contribution is 6.33. The summed E-state index contributed by atoms with van der Waals surface area (Å²) in [4.78, 5) is 39.2. The molecule has 2 N–H and O–H groups in total. The van der Waals surface area contributed by atoms with Gasteiger partial charge in [0, 0.05) is 13.1 Å². The van der Waals surface area contributed by atoms with Crippen molar-refractivity contribution in [2.45, 2.75) is 44.6 Å². The minimum atomic E-state index is -0.873. The van der Waals surface area contributed by atoms with Crippen LogP contribution >= 0.6 is 11.6 Å². The third-order valence-electron chi connectivity index (χ3n) is 5.49. The molecule has 1 aliphatic heterocycles. The Hall–Kier alpha value is -2.28. The van der Waals surface area contributed by atoms with Gasteiger partial charge in [0.2, 0.25) is 5.91 Å². The Morgan fingerprint density at radius 1 is 1.21 bits per heavy atom. The van der Waals surface area contributed by atoms with Gasteiger partial charge in [-0.25, -0.2) is 4.79 Å². The molecule has 1 heterocycles. The molecule has 1 saturated heterocycles. The lowest BCUT2D eigenvalue weighted by atomic mass is 9.75. The molecule has 1 aromatic carbocycles. The summed E-state index contributed by atoms with van der Waals surface area (Å²) in [6, 6.07) is 6.51. The fraction of sp³-hybridized carbons (Fsp3) is 0.550. The van der Waals surface area contributed by atoms with E-state index in [2.05, 4.69) is 10.6 Å². The first-order valence-corrected chi connectivity index (χ1v) is 10.1. The maximum absolute atomic E-state index is 13.1. The van der Waals surface area contributed by atoms with Crippen molar-refractivity contribution in [1.29, 1.82) is 0 Å². The van der Waals surface area contributed by atoms with E-state index in [1.807, 2.05) is 0 Å². The van der Waals surface area contributed by atoms with E-state index in [1.165, 1.54) is 0 Å². The number of hydrogen-bond donors (Lipinski definition) is 2. The third-order valence-corrected chi connectivity index (χ3v) is 5.82. The van der Waals surface area contributed by atoms with Crippen LogP contribution in [0.25, 0.3) is 0 Å². The van der Waals surface area contributed by atoms with Gasteiger partial charge in [0.05, 0.1) is 23.2 Å².